The monoisotopic (exact) mass is 375 g/mol. The summed E-state index contributed by atoms with van der Waals surface area (Å²) in [7, 11) is 0. The average Bonchev–Trinajstić information content (AvgIpc) is 2.97. The first-order chi connectivity index (χ1) is 12.5. The van der Waals surface area contributed by atoms with Gasteiger partial charge >= 0.3 is 0 Å². The van der Waals surface area contributed by atoms with E-state index in [9.17, 15) is 14.0 Å². The van der Waals surface area contributed by atoms with E-state index in [0.717, 1.165) is 25.7 Å². The normalized spacial score (nSPS) is 23.7. The third kappa shape index (κ3) is 3.03. The van der Waals surface area contributed by atoms with Crippen LogP contribution in [-0.2, 0) is 9.59 Å². The molecule has 1 N–H and O–H groups in total. The van der Waals surface area contributed by atoms with Gasteiger partial charge in [-0.1, -0.05) is 11.6 Å². The van der Waals surface area contributed by atoms with Gasteiger partial charge in [-0.05, 0) is 43.9 Å². The minimum atomic E-state index is -0.406. The van der Waals surface area contributed by atoms with Crippen molar-refractivity contribution < 1.29 is 14.0 Å². The number of aromatic nitrogens is 1. The molecule has 4 rings (SSSR count). The maximum atomic E-state index is 14.7. The first-order valence-corrected chi connectivity index (χ1v) is 9.26. The number of fused-ring (bicyclic) bond motifs is 1. The van der Waals surface area contributed by atoms with Crippen molar-refractivity contribution in [2.45, 2.75) is 50.6 Å². The molecule has 2 aliphatic rings. The molecule has 136 valence electrons. The van der Waals surface area contributed by atoms with Crippen molar-refractivity contribution in [3.05, 3.63) is 35.2 Å². The third-order valence-corrected chi connectivity index (χ3v) is 5.64. The van der Waals surface area contributed by atoms with Crippen LogP contribution in [0.4, 0.5) is 10.1 Å². The molecule has 7 heteroatoms. The van der Waals surface area contributed by atoms with Gasteiger partial charge in [0, 0.05) is 36.5 Å². The predicted octanol–water partition coefficient (Wildman–Crippen LogP) is 3.90. The maximum Gasteiger partial charge on any atom is 0.229 e. The minimum Gasteiger partial charge on any atom is -0.380 e. The summed E-state index contributed by atoms with van der Waals surface area (Å²) >= 11 is 6.09. The maximum absolute atomic E-state index is 14.7. The summed E-state index contributed by atoms with van der Waals surface area (Å²) in [6.45, 7) is 0. The number of carbonyl (C=O) groups is 2. The first kappa shape index (κ1) is 17.2. The highest BCUT2D eigenvalue weighted by Gasteiger charge is 2.36. The molecule has 2 heterocycles. The molecule has 2 amide bonds. The highest BCUT2D eigenvalue weighted by Crippen LogP contribution is 2.32. The minimum absolute atomic E-state index is 0.0162. The van der Waals surface area contributed by atoms with E-state index in [1.165, 1.54) is 11.1 Å². The fourth-order valence-electron chi connectivity index (χ4n) is 3.96. The lowest BCUT2D eigenvalue weighted by Gasteiger charge is -2.34. The second-order valence-electron chi connectivity index (χ2n) is 6.92. The largest absolute Gasteiger partial charge is 0.380 e. The van der Waals surface area contributed by atoms with Crippen LogP contribution in [0.1, 0.15) is 38.5 Å². The lowest BCUT2D eigenvalue weighted by molar-refractivity contribution is -0.141. The van der Waals surface area contributed by atoms with E-state index in [1.54, 1.807) is 18.2 Å². The molecule has 1 saturated carbocycles. The number of amides is 2. The number of anilines is 1. The molecule has 0 atom stereocenters. The topological polar surface area (TPSA) is 62.3 Å². The number of rotatable bonds is 3. The van der Waals surface area contributed by atoms with Gasteiger partial charge < -0.3 is 5.32 Å². The second-order valence-corrected chi connectivity index (χ2v) is 7.33. The first-order valence-electron chi connectivity index (χ1n) is 8.88. The number of carbonyl (C=O) groups excluding carboxylic acids is 2. The molecule has 1 aromatic carbocycles. The highest BCUT2D eigenvalue weighted by molar-refractivity contribution is 6.35. The smallest absolute Gasteiger partial charge is 0.229 e. The van der Waals surface area contributed by atoms with Gasteiger partial charge in [0.2, 0.25) is 11.8 Å². The van der Waals surface area contributed by atoms with Crippen LogP contribution in [0.15, 0.2) is 24.4 Å². The molecule has 0 spiro atoms. The van der Waals surface area contributed by atoms with Gasteiger partial charge in [-0.25, -0.2) is 4.39 Å². The van der Waals surface area contributed by atoms with Crippen LogP contribution in [0, 0.1) is 5.82 Å². The van der Waals surface area contributed by atoms with Gasteiger partial charge in [-0.2, -0.15) is 0 Å². The van der Waals surface area contributed by atoms with E-state index in [2.05, 4.69) is 10.3 Å². The van der Waals surface area contributed by atoms with Crippen molar-refractivity contribution in [2.75, 3.05) is 5.32 Å². The quantitative estimate of drug-likeness (QED) is 0.826. The zero-order valence-corrected chi connectivity index (χ0v) is 14.9. The van der Waals surface area contributed by atoms with Gasteiger partial charge in [0.1, 0.15) is 5.52 Å². The molecule has 0 radical (unpaired) electrons. The Labute approximate surface area is 155 Å². The van der Waals surface area contributed by atoms with E-state index in [-0.39, 0.29) is 29.4 Å². The SMILES string of the molecule is O=C1CCC(=O)N1C1CCC(Nc2ccc3c(Cl)ccnc3c2F)CC1. The summed E-state index contributed by atoms with van der Waals surface area (Å²) in [4.78, 5) is 29.3. The molecular weight excluding hydrogens is 357 g/mol. The number of imide groups is 1. The van der Waals surface area contributed by atoms with E-state index >= 15 is 0 Å². The second kappa shape index (κ2) is 6.83. The molecule has 26 heavy (non-hydrogen) atoms. The Morgan fingerprint density at radius 2 is 1.77 bits per heavy atom. The van der Waals surface area contributed by atoms with Crippen LogP contribution in [0.3, 0.4) is 0 Å². The molecule has 1 aromatic heterocycles. The third-order valence-electron chi connectivity index (χ3n) is 5.31. The van der Waals surface area contributed by atoms with Crippen molar-refractivity contribution in [3.8, 4) is 0 Å². The van der Waals surface area contributed by atoms with E-state index in [0.29, 0.717) is 28.9 Å². The number of halogens is 2. The van der Waals surface area contributed by atoms with Crippen LogP contribution in [0.25, 0.3) is 10.9 Å². The molecular formula is C19H19ClFN3O2. The average molecular weight is 376 g/mol. The number of hydrogen-bond acceptors (Lipinski definition) is 4. The predicted molar refractivity (Wildman–Crippen MR) is 97.5 cm³/mol. The van der Waals surface area contributed by atoms with Crippen LogP contribution in [0.5, 0.6) is 0 Å². The summed E-state index contributed by atoms with van der Waals surface area (Å²) in [6.07, 6.45) is 5.20. The molecule has 1 aliphatic carbocycles. The van der Waals surface area contributed by atoms with Gasteiger partial charge in [0.15, 0.2) is 5.82 Å². The summed E-state index contributed by atoms with van der Waals surface area (Å²) in [5.74, 6) is -0.526. The lowest BCUT2D eigenvalue weighted by atomic mass is 9.90. The standard InChI is InChI=1S/C19H19ClFN3O2/c20-14-9-10-22-19-13(14)5-6-15(18(19)21)23-11-1-3-12(4-2-11)24-16(25)7-8-17(24)26/h5-6,9-12,23H,1-4,7-8H2. The van der Waals surface area contributed by atoms with Gasteiger partial charge in [0.05, 0.1) is 10.7 Å². The fourth-order valence-corrected chi connectivity index (χ4v) is 4.17. The van der Waals surface area contributed by atoms with Crippen molar-refractivity contribution in [1.82, 2.24) is 9.88 Å². The summed E-state index contributed by atoms with van der Waals surface area (Å²) in [5, 5.41) is 4.31. The molecule has 1 saturated heterocycles. The van der Waals surface area contributed by atoms with Crippen LogP contribution in [-0.4, -0.2) is 33.8 Å². The number of benzene rings is 1. The van der Waals surface area contributed by atoms with Gasteiger partial charge in [0.25, 0.3) is 0 Å². The fraction of sp³-hybridized carbons (Fsp3) is 0.421. The van der Waals surface area contributed by atoms with Crippen molar-refractivity contribution in [1.29, 1.82) is 0 Å². The number of likely N-dealkylation sites (tertiary alicyclic amines) is 1. The Hall–Kier alpha value is -2.21. The van der Waals surface area contributed by atoms with Crippen molar-refractivity contribution in [2.24, 2.45) is 0 Å². The van der Waals surface area contributed by atoms with Gasteiger partial charge in [-0.3, -0.25) is 19.5 Å². The lowest BCUT2D eigenvalue weighted by Crippen LogP contribution is -2.43. The highest BCUT2D eigenvalue weighted by atomic mass is 35.5. The van der Waals surface area contributed by atoms with E-state index in [1.807, 2.05) is 0 Å². The Bertz CT molecular complexity index is 864. The number of pyridine rings is 1. The number of nitrogens with zero attached hydrogens (tertiary/aromatic N) is 2. The summed E-state index contributed by atoms with van der Waals surface area (Å²) in [5.41, 5.74) is 0.661. The van der Waals surface area contributed by atoms with E-state index in [4.69, 9.17) is 11.6 Å². The Morgan fingerprint density at radius 1 is 1.08 bits per heavy atom. The van der Waals surface area contributed by atoms with Crippen LogP contribution < -0.4 is 5.32 Å². The summed E-state index contributed by atoms with van der Waals surface area (Å²) in [6, 6.07) is 5.18. The summed E-state index contributed by atoms with van der Waals surface area (Å²) < 4.78 is 14.7. The molecule has 2 fully saturated rings. The zero-order chi connectivity index (χ0) is 18.3. The zero-order valence-electron chi connectivity index (χ0n) is 14.2. The van der Waals surface area contributed by atoms with Crippen molar-refractivity contribution in [3.63, 3.8) is 0 Å². The Morgan fingerprint density at radius 3 is 2.46 bits per heavy atom. The van der Waals surface area contributed by atoms with Crippen molar-refractivity contribution >= 4 is 40.0 Å². The Kier molecular flexibility index (Phi) is 4.53. The van der Waals surface area contributed by atoms with Crippen LogP contribution in [0.2, 0.25) is 5.02 Å². The van der Waals surface area contributed by atoms with Crippen LogP contribution >= 0.6 is 11.6 Å². The number of hydrogen-bond donors (Lipinski definition) is 1. The molecule has 2 aromatic rings. The molecule has 1 aliphatic heterocycles. The van der Waals surface area contributed by atoms with E-state index < -0.39 is 5.82 Å². The van der Waals surface area contributed by atoms with Gasteiger partial charge in [-0.15, -0.1) is 0 Å². The molecule has 5 nitrogen and oxygen atoms in total. The molecule has 0 unspecified atom stereocenters. The molecule has 0 bridgehead atoms. The Balaban J connectivity index is 1.45. The number of nitrogens with one attached hydrogen (secondary N) is 1.